The number of hydrogen-bond donors (Lipinski definition) is 0. The van der Waals surface area contributed by atoms with Gasteiger partial charge < -0.3 is 9.80 Å². The second-order valence-electron chi connectivity index (χ2n) is 6.36. The molecule has 0 unspecified atom stereocenters. The molecule has 0 saturated carbocycles. The zero-order valence-electron chi connectivity index (χ0n) is 13.0. The monoisotopic (exact) mass is 298 g/mol. The first-order valence-electron chi connectivity index (χ1n) is 6.93. The summed E-state index contributed by atoms with van der Waals surface area (Å²) in [5.74, 6) is 0. The second kappa shape index (κ2) is 6.42. The van der Waals surface area contributed by atoms with E-state index in [0.29, 0.717) is 0 Å². The lowest BCUT2D eigenvalue weighted by Gasteiger charge is -2.32. The van der Waals surface area contributed by atoms with Crippen LogP contribution in [0.2, 0.25) is 0 Å². The van der Waals surface area contributed by atoms with Crippen LogP contribution < -0.4 is 4.90 Å². The highest BCUT2D eigenvalue weighted by atomic mass is 32.1. The SMILES string of the molecule is CCCN(C)CCN(C)c1c(C(C)(C)C)c(=S)c1=S. The zero-order valence-corrected chi connectivity index (χ0v) is 14.7. The summed E-state index contributed by atoms with van der Waals surface area (Å²) in [6.45, 7) is 12.0. The van der Waals surface area contributed by atoms with E-state index in [-0.39, 0.29) is 5.41 Å². The van der Waals surface area contributed by atoms with Crippen LogP contribution in [0.5, 0.6) is 0 Å². The Labute approximate surface area is 128 Å². The van der Waals surface area contributed by atoms with Gasteiger partial charge in [0.05, 0.1) is 14.7 Å². The lowest BCUT2D eigenvalue weighted by atomic mass is 9.83. The molecule has 0 aliphatic heterocycles. The smallest absolute Gasteiger partial charge is 0.0798 e. The van der Waals surface area contributed by atoms with Crippen molar-refractivity contribution in [2.75, 3.05) is 38.6 Å². The maximum atomic E-state index is 5.43. The van der Waals surface area contributed by atoms with E-state index < -0.39 is 0 Å². The first kappa shape index (κ1) is 16.7. The van der Waals surface area contributed by atoms with Gasteiger partial charge in [-0.2, -0.15) is 0 Å². The van der Waals surface area contributed by atoms with Gasteiger partial charge in [-0.1, -0.05) is 52.1 Å². The van der Waals surface area contributed by atoms with Crippen LogP contribution in [0, 0.1) is 9.02 Å². The van der Waals surface area contributed by atoms with Crippen molar-refractivity contribution < 1.29 is 0 Å². The highest BCUT2D eigenvalue weighted by Gasteiger charge is 2.27. The molecule has 0 fully saturated rings. The Morgan fingerprint density at radius 1 is 0.947 bits per heavy atom. The van der Waals surface area contributed by atoms with Crippen LogP contribution in [-0.4, -0.2) is 38.6 Å². The molecule has 0 amide bonds. The average Bonchev–Trinajstić information content (AvgIpc) is 2.30. The first-order chi connectivity index (χ1) is 8.70. The molecule has 108 valence electrons. The summed E-state index contributed by atoms with van der Waals surface area (Å²) >= 11 is 10.8. The fourth-order valence-electron chi connectivity index (χ4n) is 2.37. The molecule has 0 heterocycles. The van der Waals surface area contributed by atoms with E-state index in [1.165, 1.54) is 17.7 Å². The summed E-state index contributed by atoms with van der Waals surface area (Å²) in [6.07, 6.45) is 1.19. The van der Waals surface area contributed by atoms with Gasteiger partial charge in [0.25, 0.3) is 0 Å². The van der Waals surface area contributed by atoms with Crippen LogP contribution >= 0.6 is 24.4 Å². The van der Waals surface area contributed by atoms with E-state index in [1.54, 1.807) is 0 Å². The van der Waals surface area contributed by atoms with Gasteiger partial charge in [0, 0.05) is 25.7 Å². The van der Waals surface area contributed by atoms with Crippen LogP contribution in [0.15, 0.2) is 0 Å². The van der Waals surface area contributed by atoms with Crippen molar-refractivity contribution >= 4 is 30.1 Å². The van der Waals surface area contributed by atoms with Crippen molar-refractivity contribution in [3.8, 4) is 0 Å². The van der Waals surface area contributed by atoms with Crippen molar-refractivity contribution in [3.63, 3.8) is 0 Å². The standard InChI is InChI=1S/C15H26N2S2/c1-7-8-16(5)9-10-17(6)12-11(15(2,3)4)13(18)14(12)19/h7-10H2,1-6H3. The molecule has 2 nitrogen and oxygen atoms in total. The molecule has 0 spiro atoms. The Bertz CT molecular complexity index is 493. The van der Waals surface area contributed by atoms with Crippen LogP contribution in [0.4, 0.5) is 5.69 Å². The number of hydrogen-bond acceptors (Lipinski definition) is 4. The number of likely N-dealkylation sites (N-methyl/N-ethyl adjacent to an activating group) is 2. The van der Waals surface area contributed by atoms with Crippen LogP contribution in [0.3, 0.4) is 0 Å². The molecule has 1 aromatic carbocycles. The molecular weight excluding hydrogens is 272 g/mol. The molecule has 19 heavy (non-hydrogen) atoms. The lowest BCUT2D eigenvalue weighted by molar-refractivity contribution is 0.342. The topological polar surface area (TPSA) is 6.48 Å². The third-order valence-corrected chi connectivity index (χ3v) is 4.37. The number of anilines is 1. The fraction of sp³-hybridized carbons (Fsp3) is 0.733. The Balaban J connectivity index is 2.79. The summed E-state index contributed by atoms with van der Waals surface area (Å²) in [5.41, 5.74) is 2.53. The molecule has 0 atom stereocenters. The lowest BCUT2D eigenvalue weighted by Crippen LogP contribution is -2.34. The maximum absolute atomic E-state index is 5.43. The van der Waals surface area contributed by atoms with Gasteiger partial charge in [-0.15, -0.1) is 0 Å². The molecular formula is C15H26N2S2. The van der Waals surface area contributed by atoms with Gasteiger partial charge in [0.15, 0.2) is 0 Å². The largest absolute Gasteiger partial charge is 0.372 e. The molecule has 0 aromatic heterocycles. The minimum absolute atomic E-state index is 0.0817. The predicted octanol–water partition coefficient (Wildman–Crippen LogP) is 4.10. The van der Waals surface area contributed by atoms with Gasteiger partial charge in [0.1, 0.15) is 0 Å². The maximum Gasteiger partial charge on any atom is 0.0798 e. The van der Waals surface area contributed by atoms with Crippen molar-refractivity contribution in [2.24, 2.45) is 0 Å². The van der Waals surface area contributed by atoms with E-state index >= 15 is 0 Å². The van der Waals surface area contributed by atoms with Gasteiger partial charge in [0.2, 0.25) is 0 Å². The molecule has 0 aliphatic rings. The van der Waals surface area contributed by atoms with Crippen LogP contribution in [0.25, 0.3) is 0 Å². The molecule has 0 bridgehead atoms. The highest BCUT2D eigenvalue weighted by molar-refractivity contribution is 7.74. The molecule has 1 aromatic rings. The molecule has 4 heteroatoms. The minimum atomic E-state index is 0.0817. The van der Waals surface area contributed by atoms with E-state index in [2.05, 4.69) is 51.6 Å². The summed E-state index contributed by atoms with van der Waals surface area (Å²) in [6, 6.07) is 0. The summed E-state index contributed by atoms with van der Waals surface area (Å²) in [5, 5.41) is 0. The van der Waals surface area contributed by atoms with Crippen molar-refractivity contribution in [1.82, 2.24) is 4.90 Å². The van der Waals surface area contributed by atoms with Crippen molar-refractivity contribution in [3.05, 3.63) is 14.6 Å². The number of rotatable bonds is 6. The quantitative estimate of drug-likeness (QED) is 0.729. The first-order valence-corrected chi connectivity index (χ1v) is 7.75. The van der Waals surface area contributed by atoms with Crippen molar-refractivity contribution in [1.29, 1.82) is 0 Å². The molecule has 0 aliphatic carbocycles. The van der Waals surface area contributed by atoms with E-state index in [9.17, 15) is 0 Å². The van der Waals surface area contributed by atoms with Crippen molar-refractivity contribution in [2.45, 2.75) is 39.5 Å². The third kappa shape index (κ3) is 3.83. The Morgan fingerprint density at radius 3 is 2.00 bits per heavy atom. The third-order valence-electron chi connectivity index (χ3n) is 3.44. The van der Waals surface area contributed by atoms with Crippen LogP contribution in [-0.2, 0) is 5.41 Å². The fourth-order valence-corrected chi connectivity index (χ4v) is 3.23. The van der Waals surface area contributed by atoms with E-state index in [4.69, 9.17) is 24.4 Å². The number of nitrogens with zero attached hydrogens (tertiary/aromatic N) is 2. The van der Waals surface area contributed by atoms with Gasteiger partial charge >= 0.3 is 0 Å². The van der Waals surface area contributed by atoms with E-state index in [0.717, 1.165) is 28.7 Å². The van der Waals surface area contributed by atoms with Gasteiger partial charge in [-0.3, -0.25) is 0 Å². The van der Waals surface area contributed by atoms with Gasteiger partial charge in [-0.05, 0) is 25.4 Å². The predicted molar refractivity (Wildman–Crippen MR) is 90.2 cm³/mol. The highest BCUT2D eigenvalue weighted by Crippen LogP contribution is 2.38. The average molecular weight is 299 g/mol. The Morgan fingerprint density at radius 2 is 1.53 bits per heavy atom. The summed E-state index contributed by atoms with van der Waals surface area (Å²) in [4.78, 5) is 4.62. The Kier molecular flexibility index (Phi) is 5.65. The van der Waals surface area contributed by atoms with E-state index in [1.807, 2.05) is 0 Å². The van der Waals surface area contributed by atoms with Gasteiger partial charge in [-0.25, -0.2) is 0 Å². The minimum Gasteiger partial charge on any atom is -0.372 e. The Hall–Kier alpha value is -0.320. The summed E-state index contributed by atoms with van der Waals surface area (Å²) < 4.78 is 1.77. The molecule has 0 N–H and O–H groups in total. The molecule has 1 rings (SSSR count). The molecule has 0 radical (unpaired) electrons. The second-order valence-corrected chi connectivity index (χ2v) is 7.17. The normalized spacial score (nSPS) is 12.4. The zero-order chi connectivity index (χ0) is 14.8. The summed E-state index contributed by atoms with van der Waals surface area (Å²) in [7, 11) is 4.29. The molecule has 0 saturated heterocycles. The van der Waals surface area contributed by atoms with Crippen LogP contribution in [0.1, 0.15) is 39.7 Å².